The third-order valence-electron chi connectivity index (χ3n) is 3.41. The van der Waals surface area contributed by atoms with Gasteiger partial charge >= 0.3 is 0 Å². The van der Waals surface area contributed by atoms with Crippen LogP contribution in [0.3, 0.4) is 0 Å². The van der Waals surface area contributed by atoms with Crippen molar-refractivity contribution in [3.8, 4) is 0 Å². The highest BCUT2D eigenvalue weighted by Gasteiger charge is 2.16. The van der Waals surface area contributed by atoms with E-state index in [9.17, 15) is 4.39 Å². The third kappa shape index (κ3) is 4.14. The molecule has 0 aliphatic heterocycles. The van der Waals surface area contributed by atoms with Crippen molar-refractivity contribution >= 4 is 50.3 Å². The fourth-order valence-electron chi connectivity index (χ4n) is 2.37. The summed E-state index contributed by atoms with van der Waals surface area (Å²) < 4.78 is 16.2. The summed E-state index contributed by atoms with van der Waals surface area (Å²) in [5.41, 5.74) is 1.61. The lowest BCUT2D eigenvalue weighted by atomic mass is 10.2. The first-order chi connectivity index (χ1) is 10.0. The molecule has 6 heteroatoms. The molecular formula is C15H19BrClFN2S. The van der Waals surface area contributed by atoms with Gasteiger partial charge in [-0.1, -0.05) is 6.42 Å². The number of fused-ring (bicyclic) bond motifs is 1. The second-order valence-corrected chi connectivity index (χ2v) is 7.54. The molecule has 2 nitrogen and oxygen atoms in total. The molecule has 0 saturated heterocycles. The van der Waals surface area contributed by atoms with E-state index in [1.165, 1.54) is 24.7 Å². The van der Waals surface area contributed by atoms with Gasteiger partial charge in [0.05, 0.1) is 20.9 Å². The van der Waals surface area contributed by atoms with E-state index < -0.39 is 0 Å². The summed E-state index contributed by atoms with van der Waals surface area (Å²) >= 11 is 11.4. The van der Waals surface area contributed by atoms with Crippen molar-refractivity contribution in [1.82, 2.24) is 9.55 Å². The van der Waals surface area contributed by atoms with E-state index in [0.29, 0.717) is 9.99 Å². The van der Waals surface area contributed by atoms with Crippen LogP contribution in [0.1, 0.15) is 37.4 Å². The highest BCUT2D eigenvalue weighted by atomic mass is 79.9. The fourth-order valence-corrected chi connectivity index (χ4v) is 3.36. The summed E-state index contributed by atoms with van der Waals surface area (Å²) in [5.74, 6) is 1.72. The standard InChI is InChI=1S/C15H19BrClFN2S/c1-10(17)15-19-13-9-12(18)11(16)8-14(13)20(15)6-4-3-5-7-21-2/h8-10H,3-7H2,1-2H3. The number of hydrogen-bond donors (Lipinski definition) is 0. The molecule has 1 heterocycles. The van der Waals surface area contributed by atoms with Crippen LogP contribution in [-0.2, 0) is 6.54 Å². The molecule has 1 unspecified atom stereocenters. The number of halogens is 3. The van der Waals surface area contributed by atoms with E-state index in [1.54, 1.807) is 6.07 Å². The van der Waals surface area contributed by atoms with Crippen molar-refractivity contribution in [3.05, 3.63) is 28.2 Å². The van der Waals surface area contributed by atoms with Crippen LogP contribution in [0.5, 0.6) is 0 Å². The molecular weight excluding hydrogens is 375 g/mol. The maximum absolute atomic E-state index is 13.7. The maximum atomic E-state index is 13.7. The van der Waals surface area contributed by atoms with Crippen LogP contribution in [0.2, 0.25) is 0 Å². The Morgan fingerprint density at radius 1 is 1.38 bits per heavy atom. The van der Waals surface area contributed by atoms with Gasteiger partial charge in [0.15, 0.2) is 0 Å². The molecule has 2 aromatic rings. The minimum atomic E-state index is -0.291. The summed E-state index contributed by atoms with van der Waals surface area (Å²) in [4.78, 5) is 4.50. The Morgan fingerprint density at radius 2 is 2.14 bits per heavy atom. The predicted octanol–water partition coefficient (Wildman–Crippen LogP) is 5.77. The molecule has 0 amide bonds. The number of alkyl halides is 1. The van der Waals surface area contributed by atoms with E-state index >= 15 is 0 Å². The monoisotopic (exact) mass is 392 g/mol. The Morgan fingerprint density at radius 3 is 2.81 bits per heavy atom. The molecule has 1 aromatic heterocycles. The predicted molar refractivity (Wildman–Crippen MR) is 93.9 cm³/mol. The Labute approximate surface area is 142 Å². The fraction of sp³-hybridized carbons (Fsp3) is 0.533. The Bertz CT molecular complexity index is 615. The second-order valence-electron chi connectivity index (χ2n) is 5.05. The van der Waals surface area contributed by atoms with Gasteiger partial charge < -0.3 is 4.57 Å². The van der Waals surface area contributed by atoms with Gasteiger partial charge in [0.1, 0.15) is 11.6 Å². The van der Waals surface area contributed by atoms with Gasteiger partial charge in [-0.3, -0.25) is 0 Å². The number of benzene rings is 1. The highest BCUT2D eigenvalue weighted by molar-refractivity contribution is 9.10. The maximum Gasteiger partial charge on any atom is 0.139 e. The van der Waals surface area contributed by atoms with Gasteiger partial charge in [0.25, 0.3) is 0 Å². The van der Waals surface area contributed by atoms with Crippen LogP contribution in [0.4, 0.5) is 4.39 Å². The summed E-state index contributed by atoms with van der Waals surface area (Å²) in [6.07, 6.45) is 5.61. The Kier molecular flexibility index (Phi) is 6.38. The Balaban J connectivity index is 2.26. The minimum absolute atomic E-state index is 0.189. The van der Waals surface area contributed by atoms with Crippen LogP contribution < -0.4 is 0 Å². The molecule has 1 atom stereocenters. The van der Waals surface area contributed by atoms with Crippen molar-refractivity contribution in [2.24, 2.45) is 0 Å². The normalized spacial score (nSPS) is 13.0. The number of aryl methyl sites for hydroxylation is 1. The number of hydrogen-bond acceptors (Lipinski definition) is 2. The van der Waals surface area contributed by atoms with Crippen molar-refractivity contribution in [1.29, 1.82) is 0 Å². The van der Waals surface area contributed by atoms with E-state index in [4.69, 9.17) is 11.6 Å². The van der Waals surface area contributed by atoms with Crippen LogP contribution in [0.25, 0.3) is 11.0 Å². The van der Waals surface area contributed by atoms with E-state index in [0.717, 1.165) is 24.3 Å². The molecule has 1 aromatic carbocycles. The van der Waals surface area contributed by atoms with E-state index in [-0.39, 0.29) is 11.2 Å². The minimum Gasteiger partial charge on any atom is -0.327 e. The van der Waals surface area contributed by atoms with Gasteiger partial charge in [-0.25, -0.2) is 9.37 Å². The molecule has 0 radical (unpaired) electrons. The summed E-state index contributed by atoms with van der Waals surface area (Å²) in [7, 11) is 0. The van der Waals surface area contributed by atoms with Crippen molar-refractivity contribution < 1.29 is 4.39 Å². The smallest absolute Gasteiger partial charge is 0.139 e. The summed E-state index contributed by atoms with van der Waals surface area (Å²) in [6, 6.07) is 3.26. The van der Waals surface area contributed by atoms with Gasteiger partial charge in [0, 0.05) is 12.6 Å². The summed E-state index contributed by atoms with van der Waals surface area (Å²) in [6.45, 7) is 2.77. The topological polar surface area (TPSA) is 17.8 Å². The van der Waals surface area contributed by atoms with E-state index in [2.05, 4.69) is 31.7 Å². The molecule has 2 rings (SSSR count). The van der Waals surface area contributed by atoms with Gasteiger partial charge in [-0.15, -0.1) is 11.6 Å². The quantitative estimate of drug-likeness (QED) is 0.439. The zero-order valence-electron chi connectivity index (χ0n) is 12.2. The molecule has 0 spiro atoms. The van der Waals surface area contributed by atoms with Crippen LogP contribution in [0, 0.1) is 5.82 Å². The average molecular weight is 394 g/mol. The first-order valence-electron chi connectivity index (χ1n) is 7.02. The molecule has 0 bridgehead atoms. The van der Waals surface area contributed by atoms with Crippen LogP contribution >= 0.6 is 39.3 Å². The van der Waals surface area contributed by atoms with Crippen molar-refractivity contribution in [2.45, 2.75) is 38.1 Å². The van der Waals surface area contributed by atoms with Crippen LogP contribution in [0.15, 0.2) is 16.6 Å². The lowest BCUT2D eigenvalue weighted by molar-refractivity contribution is 0.592. The van der Waals surface area contributed by atoms with Crippen molar-refractivity contribution in [2.75, 3.05) is 12.0 Å². The third-order valence-corrected chi connectivity index (χ3v) is 4.91. The number of unbranched alkanes of at least 4 members (excludes halogenated alkanes) is 2. The zero-order chi connectivity index (χ0) is 15.4. The second kappa shape index (κ2) is 7.84. The molecule has 21 heavy (non-hydrogen) atoms. The van der Waals surface area contributed by atoms with Crippen LogP contribution in [-0.4, -0.2) is 21.6 Å². The molecule has 0 aliphatic carbocycles. The van der Waals surface area contributed by atoms with Crippen molar-refractivity contribution in [3.63, 3.8) is 0 Å². The number of aromatic nitrogens is 2. The largest absolute Gasteiger partial charge is 0.327 e. The lowest BCUT2D eigenvalue weighted by Crippen LogP contribution is -2.05. The number of thioether (sulfide) groups is 1. The molecule has 0 fully saturated rings. The summed E-state index contributed by atoms with van der Waals surface area (Å²) in [5, 5.41) is -0.189. The number of nitrogens with zero attached hydrogens (tertiary/aromatic N) is 2. The number of imidazole rings is 1. The van der Waals surface area contributed by atoms with Gasteiger partial charge in [-0.05, 0) is 53.8 Å². The first-order valence-corrected chi connectivity index (χ1v) is 9.65. The van der Waals surface area contributed by atoms with Gasteiger partial charge in [0.2, 0.25) is 0 Å². The number of rotatable bonds is 7. The SMILES string of the molecule is CSCCCCCn1c(C(C)Cl)nc2cc(F)c(Br)cc21. The van der Waals surface area contributed by atoms with E-state index in [1.807, 2.05) is 18.7 Å². The van der Waals surface area contributed by atoms with Gasteiger partial charge in [-0.2, -0.15) is 11.8 Å². The Hall–Kier alpha value is -0.260. The first kappa shape index (κ1) is 17.1. The molecule has 0 N–H and O–H groups in total. The zero-order valence-corrected chi connectivity index (χ0v) is 15.4. The molecule has 0 saturated carbocycles. The average Bonchev–Trinajstić information content (AvgIpc) is 2.77. The lowest BCUT2D eigenvalue weighted by Gasteiger charge is -2.10. The highest BCUT2D eigenvalue weighted by Crippen LogP contribution is 2.28. The molecule has 116 valence electrons. The molecule has 0 aliphatic rings.